The van der Waals surface area contributed by atoms with Crippen LogP contribution >= 0.6 is 11.3 Å². The third kappa shape index (κ3) is 2.87. The molecule has 1 aromatic heterocycles. The van der Waals surface area contributed by atoms with Gasteiger partial charge in [-0.3, -0.25) is 0 Å². The molecule has 3 rings (SSSR count). The second-order valence-corrected chi connectivity index (χ2v) is 7.32. The summed E-state index contributed by atoms with van der Waals surface area (Å²) in [6.07, 6.45) is 1.67. The Balaban J connectivity index is 1.68. The average Bonchev–Trinajstić information content (AvgIpc) is 3.08. The molecule has 2 N–H and O–H groups in total. The first-order valence-electron chi connectivity index (χ1n) is 6.53. The predicted octanol–water partition coefficient (Wildman–Crippen LogP) is 2.24. The maximum Gasteiger partial charge on any atom is 0.240 e. The number of thiophene rings is 1. The van der Waals surface area contributed by atoms with Gasteiger partial charge in [-0.1, -0.05) is 6.07 Å². The largest absolute Gasteiger partial charge is 0.384 e. The van der Waals surface area contributed by atoms with Gasteiger partial charge in [-0.15, -0.1) is 0 Å². The highest BCUT2D eigenvalue weighted by molar-refractivity contribution is 7.89. The number of anilines is 1. The van der Waals surface area contributed by atoms with Crippen molar-refractivity contribution in [2.24, 2.45) is 0 Å². The van der Waals surface area contributed by atoms with Gasteiger partial charge >= 0.3 is 0 Å². The summed E-state index contributed by atoms with van der Waals surface area (Å²) >= 11 is 1.62. The molecular weight excluding hydrogens is 292 g/mol. The van der Waals surface area contributed by atoms with Gasteiger partial charge < -0.3 is 5.32 Å². The minimum absolute atomic E-state index is 0.330. The Morgan fingerprint density at radius 3 is 3.00 bits per heavy atom. The van der Waals surface area contributed by atoms with Gasteiger partial charge in [-0.05, 0) is 52.9 Å². The third-order valence-electron chi connectivity index (χ3n) is 3.39. The first-order valence-corrected chi connectivity index (χ1v) is 8.95. The summed E-state index contributed by atoms with van der Waals surface area (Å²) in [6, 6.07) is 7.30. The summed E-state index contributed by atoms with van der Waals surface area (Å²) in [4.78, 5) is 0.330. The highest BCUT2D eigenvalue weighted by Gasteiger charge is 2.17. The molecule has 106 valence electrons. The van der Waals surface area contributed by atoms with E-state index in [2.05, 4.69) is 10.0 Å². The molecule has 0 unspecified atom stereocenters. The Kier molecular flexibility index (Phi) is 3.78. The monoisotopic (exact) mass is 308 g/mol. The van der Waals surface area contributed by atoms with Crippen LogP contribution in [-0.4, -0.2) is 21.5 Å². The van der Waals surface area contributed by atoms with Crippen molar-refractivity contribution in [3.8, 4) is 0 Å². The van der Waals surface area contributed by atoms with Crippen LogP contribution in [0.1, 0.15) is 11.1 Å². The lowest BCUT2D eigenvalue weighted by Gasteiger charge is -2.08. The maximum absolute atomic E-state index is 12.2. The number of benzene rings is 1. The molecule has 0 aliphatic carbocycles. The van der Waals surface area contributed by atoms with Crippen LogP contribution in [0, 0.1) is 0 Å². The highest BCUT2D eigenvalue weighted by Crippen LogP contribution is 2.25. The van der Waals surface area contributed by atoms with E-state index in [1.807, 2.05) is 22.9 Å². The van der Waals surface area contributed by atoms with E-state index in [1.54, 1.807) is 23.5 Å². The van der Waals surface area contributed by atoms with E-state index in [1.165, 1.54) is 5.56 Å². The molecular formula is C14H16N2O2S2. The summed E-state index contributed by atoms with van der Waals surface area (Å²) in [6.45, 7) is 1.30. The lowest BCUT2D eigenvalue weighted by atomic mass is 10.2. The Bertz CT molecular complexity index is 694. The smallest absolute Gasteiger partial charge is 0.240 e. The highest BCUT2D eigenvalue weighted by atomic mass is 32.2. The van der Waals surface area contributed by atoms with Crippen LogP contribution < -0.4 is 10.0 Å². The zero-order chi connectivity index (χ0) is 14.0. The first kappa shape index (κ1) is 13.6. The summed E-state index contributed by atoms with van der Waals surface area (Å²) in [7, 11) is -3.42. The molecule has 6 heteroatoms. The molecule has 4 nitrogen and oxygen atoms in total. The minimum Gasteiger partial charge on any atom is -0.384 e. The number of nitrogens with one attached hydrogen (secondary N) is 2. The lowest BCUT2D eigenvalue weighted by molar-refractivity contribution is 0.581. The fourth-order valence-corrected chi connectivity index (χ4v) is 4.05. The van der Waals surface area contributed by atoms with Crippen molar-refractivity contribution in [3.63, 3.8) is 0 Å². The van der Waals surface area contributed by atoms with Gasteiger partial charge in [0.2, 0.25) is 10.0 Å². The summed E-state index contributed by atoms with van der Waals surface area (Å²) in [5.41, 5.74) is 3.28. The van der Waals surface area contributed by atoms with E-state index in [-0.39, 0.29) is 0 Å². The summed E-state index contributed by atoms with van der Waals surface area (Å²) in [5.74, 6) is 0. The summed E-state index contributed by atoms with van der Waals surface area (Å²) < 4.78 is 27.1. The van der Waals surface area contributed by atoms with Gasteiger partial charge in [0.25, 0.3) is 0 Å². The fraction of sp³-hybridized carbons (Fsp3) is 0.286. The number of hydrogen-bond acceptors (Lipinski definition) is 4. The molecule has 0 bridgehead atoms. The number of fused-ring (bicyclic) bond motifs is 1. The van der Waals surface area contributed by atoms with Crippen molar-refractivity contribution in [1.82, 2.24) is 4.72 Å². The van der Waals surface area contributed by atoms with E-state index >= 15 is 0 Å². The Morgan fingerprint density at radius 1 is 1.30 bits per heavy atom. The van der Waals surface area contributed by atoms with E-state index < -0.39 is 10.0 Å². The Hall–Kier alpha value is -1.37. The zero-order valence-electron chi connectivity index (χ0n) is 10.9. The molecule has 2 aromatic rings. The zero-order valence-corrected chi connectivity index (χ0v) is 12.6. The molecule has 1 aliphatic rings. The average molecular weight is 308 g/mol. The molecule has 2 heterocycles. The van der Waals surface area contributed by atoms with Gasteiger partial charge in [-0.2, -0.15) is 11.3 Å². The van der Waals surface area contributed by atoms with Crippen LogP contribution in [0.15, 0.2) is 39.9 Å². The van der Waals surface area contributed by atoms with E-state index in [4.69, 9.17) is 0 Å². The third-order valence-corrected chi connectivity index (χ3v) is 5.58. The van der Waals surface area contributed by atoms with Crippen molar-refractivity contribution < 1.29 is 8.42 Å². The quantitative estimate of drug-likeness (QED) is 0.890. The van der Waals surface area contributed by atoms with Crippen LogP contribution in [0.3, 0.4) is 0 Å². The second-order valence-electron chi connectivity index (χ2n) is 4.78. The SMILES string of the molecule is O=S(=O)(NCCc1ccsc1)c1ccc2c(c1)NCC2. The van der Waals surface area contributed by atoms with Crippen LogP contribution in [-0.2, 0) is 22.9 Å². The molecule has 0 spiro atoms. The normalized spacial score (nSPS) is 14.0. The molecule has 0 amide bonds. The van der Waals surface area contributed by atoms with Crippen LogP contribution in [0.25, 0.3) is 0 Å². The maximum atomic E-state index is 12.2. The van der Waals surface area contributed by atoms with E-state index in [9.17, 15) is 8.42 Å². The first-order chi connectivity index (χ1) is 9.65. The van der Waals surface area contributed by atoms with Gasteiger partial charge in [0.15, 0.2) is 0 Å². The van der Waals surface area contributed by atoms with Crippen LogP contribution in [0.2, 0.25) is 0 Å². The molecule has 0 fully saturated rings. The number of rotatable bonds is 5. The lowest BCUT2D eigenvalue weighted by Crippen LogP contribution is -2.26. The number of sulfonamides is 1. The standard InChI is InChI=1S/C14H16N2O2S2/c17-20(18,16-7-3-11-5-8-19-10-11)13-2-1-12-4-6-15-14(12)9-13/h1-2,5,8-10,15-16H,3-4,6-7H2. The molecule has 0 atom stereocenters. The molecule has 1 aliphatic heterocycles. The van der Waals surface area contributed by atoms with E-state index in [0.717, 1.165) is 24.2 Å². The van der Waals surface area contributed by atoms with Crippen LogP contribution in [0.5, 0.6) is 0 Å². The molecule has 0 saturated heterocycles. The van der Waals surface area contributed by atoms with Gasteiger partial charge in [0, 0.05) is 18.8 Å². The van der Waals surface area contributed by atoms with Crippen molar-refractivity contribution in [2.45, 2.75) is 17.7 Å². The fourth-order valence-electron chi connectivity index (χ4n) is 2.29. The molecule has 0 radical (unpaired) electrons. The molecule has 0 saturated carbocycles. The second kappa shape index (κ2) is 5.55. The minimum atomic E-state index is -3.42. The topological polar surface area (TPSA) is 58.2 Å². The van der Waals surface area contributed by atoms with Crippen molar-refractivity contribution >= 4 is 27.0 Å². The van der Waals surface area contributed by atoms with Gasteiger partial charge in [-0.25, -0.2) is 13.1 Å². The van der Waals surface area contributed by atoms with E-state index in [0.29, 0.717) is 17.9 Å². The van der Waals surface area contributed by atoms with Gasteiger partial charge in [0.05, 0.1) is 4.90 Å². The van der Waals surface area contributed by atoms with Crippen molar-refractivity contribution in [3.05, 3.63) is 46.2 Å². The Morgan fingerprint density at radius 2 is 2.20 bits per heavy atom. The predicted molar refractivity (Wildman–Crippen MR) is 81.8 cm³/mol. The number of hydrogen-bond donors (Lipinski definition) is 2. The molecule has 20 heavy (non-hydrogen) atoms. The van der Waals surface area contributed by atoms with Crippen molar-refractivity contribution in [2.75, 3.05) is 18.4 Å². The molecule has 1 aromatic carbocycles. The Labute approximate surface area is 122 Å². The van der Waals surface area contributed by atoms with Crippen LogP contribution in [0.4, 0.5) is 5.69 Å². The summed E-state index contributed by atoms with van der Waals surface area (Å²) in [5, 5.41) is 7.23. The van der Waals surface area contributed by atoms with Gasteiger partial charge in [0.1, 0.15) is 0 Å². The van der Waals surface area contributed by atoms with Crippen molar-refractivity contribution in [1.29, 1.82) is 0 Å².